The van der Waals surface area contributed by atoms with Crippen LogP contribution in [0.3, 0.4) is 0 Å². The maximum absolute atomic E-state index is 12.8. The molecule has 0 radical (unpaired) electrons. The molecule has 158 valence electrons. The molecule has 0 spiro atoms. The topological polar surface area (TPSA) is 67.8 Å². The van der Waals surface area contributed by atoms with Crippen LogP contribution in [0.15, 0.2) is 30.5 Å². The van der Waals surface area contributed by atoms with Crippen molar-refractivity contribution in [3.05, 3.63) is 41.6 Å². The molecule has 0 bridgehead atoms. The Kier molecular flexibility index (Phi) is 8.54. The molecule has 1 aromatic heterocycles. The van der Waals surface area contributed by atoms with Gasteiger partial charge in [-0.15, -0.1) is 0 Å². The van der Waals surface area contributed by atoms with E-state index in [1.165, 1.54) is 6.20 Å². The lowest BCUT2D eigenvalue weighted by molar-refractivity contribution is 0.0416. The zero-order valence-corrected chi connectivity index (χ0v) is 18.3. The van der Waals surface area contributed by atoms with Crippen LogP contribution in [0.5, 0.6) is 6.01 Å². The summed E-state index contributed by atoms with van der Waals surface area (Å²) in [6, 6.07) is 8.17. The van der Waals surface area contributed by atoms with Gasteiger partial charge in [0.2, 0.25) is 0 Å². The van der Waals surface area contributed by atoms with Crippen molar-refractivity contribution >= 4 is 5.97 Å². The van der Waals surface area contributed by atoms with Crippen molar-refractivity contribution in [2.75, 3.05) is 47.9 Å². The van der Waals surface area contributed by atoms with E-state index >= 15 is 0 Å². The number of likely N-dealkylation sites (N-methyl/N-ethyl adjacent to an activating group) is 1. The second kappa shape index (κ2) is 10.9. The average Bonchev–Trinajstić information content (AvgIpc) is 2.69. The zero-order valence-electron chi connectivity index (χ0n) is 18.3. The van der Waals surface area contributed by atoms with Crippen molar-refractivity contribution in [1.82, 2.24) is 19.8 Å². The van der Waals surface area contributed by atoms with Gasteiger partial charge in [0.15, 0.2) is 0 Å². The molecule has 0 saturated carbocycles. The van der Waals surface area contributed by atoms with Crippen molar-refractivity contribution in [2.24, 2.45) is 0 Å². The third-order valence-electron chi connectivity index (χ3n) is 4.70. The highest BCUT2D eigenvalue weighted by Gasteiger charge is 2.20. The van der Waals surface area contributed by atoms with Crippen LogP contribution >= 0.6 is 0 Å². The summed E-state index contributed by atoms with van der Waals surface area (Å²) >= 11 is 0. The van der Waals surface area contributed by atoms with Gasteiger partial charge in [-0.2, -0.15) is 4.98 Å². The third kappa shape index (κ3) is 6.80. The molecule has 0 fully saturated rings. The highest BCUT2D eigenvalue weighted by molar-refractivity contribution is 5.96. The van der Waals surface area contributed by atoms with E-state index < -0.39 is 5.97 Å². The van der Waals surface area contributed by atoms with Gasteiger partial charge in [0.25, 0.3) is 0 Å². The van der Waals surface area contributed by atoms with Gasteiger partial charge in [0.05, 0.1) is 12.3 Å². The summed E-state index contributed by atoms with van der Waals surface area (Å²) in [5.74, 6) is -0.434. The van der Waals surface area contributed by atoms with Gasteiger partial charge in [0.1, 0.15) is 12.2 Å². The lowest BCUT2D eigenvalue weighted by Gasteiger charge is -2.19. The summed E-state index contributed by atoms with van der Waals surface area (Å²) in [7, 11) is 7.93. The number of ether oxygens (including phenoxy) is 2. The maximum atomic E-state index is 12.8. The standard InChI is InChI=1S/C22H32N4O3/c1-16-10-7-8-11-18(16)20-19(21(27)29-15-17(2)26(5)6)14-23-22(24-20)28-13-9-12-25(3)4/h7-8,10-11,14,17H,9,12-13,15H2,1-6H3. The first kappa shape index (κ1) is 22.8. The van der Waals surface area contributed by atoms with E-state index in [9.17, 15) is 4.79 Å². The normalized spacial score (nSPS) is 12.3. The number of aromatic nitrogens is 2. The molecule has 0 aliphatic carbocycles. The molecule has 0 N–H and O–H groups in total. The summed E-state index contributed by atoms with van der Waals surface area (Å²) in [5, 5.41) is 0. The van der Waals surface area contributed by atoms with Crippen LogP contribution in [0.2, 0.25) is 0 Å². The number of rotatable bonds is 10. The lowest BCUT2D eigenvalue weighted by Crippen LogP contribution is -2.30. The summed E-state index contributed by atoms with van der Waals surface area (Å²) in [4.78, 5) is 25.6. The molecule has 0 aliphatic heterocycles. The van der Waals surface area contributed by atoms with Crippen molar-refractivity contribution in [3.63, 3.8) is 0 Å². The first-order valence-corrected chi connectivity index (χ1v) is 9.83. The molecular formula is C22H32N4O3. The van der Waals surface area contributed by atoms with Crippen molar-refractivity contribution in [3.8, 4) is 17.3 Å². The summed E-state index contributed by atoms with van der Waals surface area (Å²) in [5.41, 5.74) is 2.75. The van der Waals surface area contributed by atoms with Crippen LogP contribution in [0.1, 0.15) is 29.3 Å². The van der Waals surface area contributed by atoms with Gasteiger partial charge in [-0.25, -0.2) is 9.78 Å². The second-order valence-corrected chi connectivity index (χ2v) is 7.65. The first-order valence-electron chi connectivity index (χ1n) is 9.83. The first-order chi connectivity index (χ1) is 13.8. The lowest BCUT2D eigenvalue weighted by atomic mass is 10.0. The Labute approximate surface area is 173 Å². The van der Waals surface area contributed by atoms with Crippen LogP contribution in [-0.2, 0) is 4.74 Å². The highest BCUT2D eigenvalue weighted by Crippen LogP contribution is 2.26. The Balaban J connectivity index is 2.25. The molecule has 0 amide bonds. The van der Waals surface area contributed by atoms with E-state index in [-0.39, 0.29) is 12.1 Å². The van der Waals surface area contributed by atoms with E-state index in [0.717, 1.165) is 24.1 Å². The summed E-state index contributed by atoms with van der Waals surface area (Å²) < 4.78 is 11.2. The predicted octanol–water partition coefficient (Wildman–Crippen LogP) is 2.89. The van der Waals surface area contributed by atoms with Crippen LogP contribution in [-0.4, -0.2) is 79.7 Å². The number of hydrogen-bond donors (Lipinski definition) is 0. The molecule has 1 atom stereocenters. The Bertz CT molecular complexity index is 808. The van der Waals surface area contributed by atoms with Crippen LogP contribution in [0, 0.1) is 6.92 Å². The highest BCUT2D eigenvalue weighted by atomic mass is 16.5. The fourth-order valence-corrected chi connectivity index (χ4v) is 2.60. The van der Waals surface area contributed by atoms with Crippen LogP contribution in [0.25, 0.3) is 11.3 Å². The van der Waals surface area contributed by atoms with Gasteiger partial charge in [-0.05, 0) is 54.0 Å². The number of aryl methyl sites for hydroxylation is 1. The minimum Gasteiger partial charge on any atom is -0.463 e. The number of benzene rings is 1. The van der Waals surface area contributed by atoms with Crippen molar-refractivity contribution in [1.29, 1.82) is 0 Å². The number of hydrogen-bond acceptors (Lipinski definition) is 7. The van der Waals surface area contributed by atoms with E-state index in [0.29, 0.717) is 24.5 Å². The molecule has 29 heavy (non-hydrogen) atoms. The van der Waals surface area contributed by atoms with E-state index in [2.05, 4.69) is 14.9 Å². The molecule has 1 aromatic carbocycles. The Morgan fingerprint density at radius 3 is 2.55 bits per heavy atom. The molecule has 0 aliphatic rings. The molecule has 0 saturated heterocycles. The quantitative estimate of drug-likeness (QED) is 0.449. The monoisotopic (exact) mass is 400 g/mol. The largest absolute Gasteiger partial charge is 0.463 e. The maximum Gasteiger partial charge on any atom is 0.342 e. The fraction of sp³-hybridized carbons (Fsp3) is 0.500. The summed E-state index contributed by atoms with van der Waals surface area (Å²) in [6.45, 7) is 5.70. The number of carbonyl (C=O) groups excluding carboxylic acids is 1. The zero-order chi connectivity index (χ0) is 21.4. The minimum absolute atomic E-state index is 0.112. The van der Waals surface area contributed by atoms with Crippen LogP contribution < -0.4 is 4.74 Å². The molecule has 1 unspecified atom stereocenters. The molecule has 7 heteroatoms. The molecule has 1 heterocycles. The second-order valence-electron chi connectivity index (χ2n) is 7.65. The minimum atomic E-state index is -0.434. The molecular weight excluding hydrogens is 368 g/mol. The smallest absolute Gasteiger partial charge is 0.342 e. The Morgan fingerprint density at radius 2 is 1.90 bits per heavy atom. The number of carbonyl (C=O) groups is 1. The van der Waals surface area contributed by atoms with Crippen molar-refractivity contribution in [2.45, 2.75) is 26.3 Å². The van der Waals surface area contributed by atoms with Crippen molar-refractivity contribution < 1.29 is 14.3 Å². The number of esters is 1. The van der Waals surface area contributed by atoms with E-state index in [1.54, 1.807) is 0 Å². The van der Waals surface area contributed by atoms with E-state index in [4.69, 9.17) is 9.47 Å². The van der Waals surface area contributed by atoms with Gasteiger partial charge >= 0.3 is 12.0 Å². The SMILES string of the molecule is Cc1ccccc1-c1nc(OCCCN(C)C)ncc1C(=O)OCC(C)N(C)C. The summed E-state index contributed by atoms with van der Waals surface area (Å²) in [6.07, 6.45) is 2.36. The number of nitrogens with zero attached hydrogens (tertiary/aromatic N) is 4. The van der Waals surface area contributed by atoms with Gasteiger partial charge < -0.3 is 19.3 Å². The fourth-order valence-electron chi connectivity index (χ4n) is 2.60. The van der Waals surface area contributed by atoms with Gasteiger partial charge in [0, 0.05) is 24.3 Å². The third-order valence-corrected chi connectivity index (χ3v) is 4.70. The molecule has 2 aromatic rings. The molecule has 2 rings (SSSR count). The van der Waals surface area contributed by atoms with Gasteiger partial charge in [-0.3, -0.25) is 0 Å². The Hall–Kier alpha value is -2.51. The average molecular weight is 401 g/mol. The van der Waals surface area contributed by atoms with E-state index in [1.807, 2.05) is 71.2 Å². The molecule has 7 nitrogen and oxygen atoms in total. The Morgan fingerprint density at radius 1 is 1.17 bits per heavy atom. The van der Waals surface area contributed by atoms with Gasteiger partial charge in [-0.1, -0.05) is 24.3 Å². The predicted molar refractivity (Wildman–Crippen MR) is 114 cm³/mol. The van der Waals surface area contributed by atoms with Crippen LogP contribution in [0.4, 0.5) is 0 Å².